The fourth-order valence-electron chi connectivity index (χ4n) is 4.72. The first-order chi connectivity index (χ1) is 22.9. The molecule has 0 radical (unpaired) electrons. The van der Waals surface area contributed by atoms with Crippen LogP contribution in [-0.4, -0.2) is 59.2 Å². The van der Waals surface area contributed by atoms with Crippen LogP contribution in [-0.2, 0) is 15.9 Å². The van der Waals surface area contributed by atoms with Gasteiger partial charge in [0.1, 0.15) is 6.10 Å². The molecule has 0 saturated carbocycles. The number of nitrogens with zero attached hydrogens (tertiary/aromatic N) is 1. The summed E-state index contributed by atoms with van der Waals surface area (Å²) in [6.07, 6.45) is -9.71. The van der Waals surface area contributed by atoms with E-state index in [2.05, 4.69) is 0 Å². The van der Waals surface area contributed by atoms with E-state index in [1.54, 1.807) is 0 Å². The summed E-state index contributed by atoms with van der Waals surface area (Å²) in [7, 11) is -5.44. The van der Waals surface area contributed by atoms with Gasteiger partial charge in [-0.2, -0.15) is 74.6 Å². The molecule has 1 atom stereocenters. The Morgan fingerprint density at radius 1 is 0.529 bits per heavy atom. The van der Waals surface area contributed by atoms with Gasteiger partial charge >= 0.3 is 47.6 Å². The predicted octanol–water partition coefficient (Wildman–Crippen LogP) is 9.43. The van der Waals surface area contributed by atoms with Crippen LogP contribution in [0.1, 0.15) is 22.9 Å². The van der Waals surface area contributed by atoms with Gasteiger partial charge in [0, 0.05) is 10.9 Å². The van der Waals surface area contributed by atoms with Crippen LogP contribution in [0.5, 0.6) is 0 Å². The van der Waals surface area contributed by atoms with E-state index >= 15 is 8.78 Å². The second-order valence-electron chi connectivity index (χ2n) is 10.8. The van der Waals surface area contributed by atoms with Crippen molar-refractivity contribution in [3.8, 4) is 0 Å². The van der Waals surface area contributed by atoms with Gasteiger partial charge in [-0.05, 0) is 29.8 Å². The van der Waals surface area contributed by atoms with Crippen molar-refractivity contribution in [3.05, 3.63) is 102 Å². The minimum absolute atomic E-state index is 0.0372. The van der Waals surface area contributed by atoms with Crippen LogP contribution in [0.25, 0.3) is 10.9 Å². The van der Waals surface area contributed by atoms with Crippen molar-refractivity contribution in [3.63, 3.8) is 0 Å². The number of aliphatic hydroxyl groups is 1. The number of benzene rings is 3. The summed E-state index contributed by atoms with van der Waals surface area (Å²) < 4.78 is 263. The number of alkyl halides is 17. The SMILES string of the molecule is O=S(=O)(c1cccc(C(F)(F)C(F)(F)C(F)(F)C(F)(F)C(F)(F)C(F)(F)C(F)(F)C(F)(F)F)c1)n1c(C(O)c2ccccc2)cc2ccccc21. The third kappa shape index (κ3) is 5.59. The summed E-state index contributed by atoms with van der Waals surface area (Å²) in [5.74, 6) is -58.2. The maximum atomic E-state index is 15.1. The van der Waals surface area contributed by atoms with Crippen molar-refractivity contribution in [1.82, 2.24) is 3.97 Å². The average Bonchev–Trinajstić information content (AvgIpc) is 3.44. The molecule has 1 N–H and O–H groups in total. The number of para-hydroxylation sites is 1. The normalized spacial score (nSPS) is 15.3. The van der Waals surface area contributed by atoms with E-state index in [0.717, 1.165) is 12.1 Å². The maximum absolute atomic E-state index is 15.1. The molecule has 3 aromatic carbocycles. The third-order valence-corrected chi connectivity index (χ3v) is 9.28. The number of aliphatic hydroxyl groups excluding tert-OH is 1. The first-order valence-corrected chi connectivity index (χ1v) is 14.8. The molecule has 0 fully saturated rings. The van der Waals surface area contributed by atoms with Crippen LogP contribution >= 0.6 is 0 Å². The van der Waals surface area contributed by atoms with Gasteiger partial charge in [-0.1, -0.05) is 60.7 Å². The van der Waals surface area contributed by atoms with Crippen molar-refractivity contribution < 1.29 is 88.2 Å². The highest BCUT2D eigenvalue weighted by molar-refractivity contribution is 7.90. The van der Waals surface area contributed by atoms with E-state index in [-0.39, 0.29) is 28.6 Å². The number of hydrogen-bond acceptors (Lipinski definition) is 3. The molecule has 1 heterocycles. The molecule has 0 amide bonds. The Kier molecular flexibility index (Phi) is 9.33. The Bertz CT molecular complexity index is 2020. The largest absolute Gasteiger partial charge is 0.460 e. The lowest BCUT2D eigenvalue weighted by Gasteiger charge is -2.42. The predicted molar refractivity (Wildman–Crippen MR) is 141 cm³/mol. The quantitative estimate of drug-likeness (QED) is 0.154. The Morgan fingerprint density at radius 3 is 1.53 bits per heavy atom. The van der Waals surface area contributed by atoms with Crippen LogP contribution in [0.15, 0.2) is 89.8 Å². The fraction of sp³-hybridized carbons (Fsp3) is 0.310. The van der Waals surface area contributed by atoms with Gasteiger partial charge < -0.3 is 5.11 Å². The summed E-state index contributed by atoms with van der Waals surface area (Å²) in [6.45, 7) is 0. The van der Waals surface area contributed by atoms with Crippen molar-refractivity contribution >= 4 is 20.9 Å². The second kappa shape index (κ2) is 12.0. The molecule has 0 bridgehead atoms. The molecule has 1 unspecified atom stereocenters. The van der Waals surface area contributed by atoms with Gasteiger partial charge in [0.15, 0.2) is 0 Å². The van der Waals surface area contributed by atoms with Crippen LogP contribution in [0.3, 0.4) is 0 Å². The van der Waals surface area contributed by atoms with Crippen molar-refractivity contribution in [1.29, 1.82) is 0 Å². The average molecular weight is 781 g/mol. The summed E-state index contributed by atoms with van der Waals surface area (Å²) >= 11 is 0. The molecule has 280 valence electrons. The standard InChI is InChI=1S/C29H16F17NO3S/c30-22(31,23(32,33)24(34,35)25(36,37)26(38,39)27(40,41)28(42,43)29(44,45)46)17-10-6-11-18(14-17)51(49,50)47-19-12-5-4-9-16(19)13-20(47)21(48)15-7-2-1-3-8-15/h1-14,21,48H. The molecule has 1 aromatic heterocycles. The second-order valence-corrected chi connectivity index (χ2v) is 12.5. The monoisotopic (exact) mass is 781 g/mol. The van der Waals surface area contributed by atoms with E-state index < -0.39 is 86.0 Å². The van der Waals surface area contributed by atoms with Gasteiger partial charge in [-0.3, -0.25) is 0 Å². The highest BCUT2D eigenvalue weighted by Crippen LogP contribution is 2.65. The summed E-state index contributed by atoms with van der Waals surface area (Å²) in [5, 5.41) is 11.0. The Hall–Kier alpha value is -4.08. The highest BCUT2D eigenvalue weighted by atomic mass is 32.2. The molecule has 0 spiro atoms. The summed E-state index contributed by atoms with van der Waals surface area (Å²) in [5.41, 5.74) is -3.50. The number of hydrogen-bond donors (Lipinski definition) is 1. The molecule has 4 rings (SSSR count). The molecule has 4 nitrogen and oxygen atoms in total. The first kappa shape index (κ1) is 39.7. The number of fused-ring (bicyclic) bond motifs is 1. The summed E-state index contributed by atoms with van der Waals surface area (Å²) in [6, 6.07) is 12.6. The Balaban J connectivity index is 1.86. The lowest BCUT2D eigenvalue weighted by Crippen LogP contribution is -2.74. The zero-order valence-corrected chi connectivity index (χ0v) is 25.0. The number of halogens is 17. The molecule has 0 aliphatic heterocycles. The zero-order valence-electron chi connectivity index (χ0n) is 24.2. The molecule has 0 saturated heterocycles. The van der Waals surface area contributed by atoms with Crippen LogP contribution in [0, 0.1) is 0 Å². The third-order valence-electron chi connectivity index (χ3n) is 7.55. The van der Waals surface area contributed by atoms with Gasteiger partial charge in [-0.25, -0.2) is 12.4 Å². The minimum Gasteiger partial charge on any atom is -0.382 e. The van der Waals surface area contributed by atoms with Crippen LogP contribution in [0.2, 0.25) is 0 Å². The van der Waals surface area contributed by atoms with Gasteiger partial charge in [0.25, 0.3) is 10.0 Å². The van der Waals surface area contributed by atoms with E-state index in [9.17, 15) is 79.4 Å². The zero-order chi connectivity index (χ0) is 39.0. The number of aromatic nitrogens is 1. The van der Waals surface area contributed by atoms with Crippen LogP contribution < -0.4 is 0 Å². The Morgan fingerprint density at radius 2 is 1.00 bits per heavy atom. The molecule has 51 heavy (non-hydrogen) atoms. The molecule has 0 aliphatic rings. The fourth-order valence-corrected chi connectivity index (χ4v) is 6.31. The highest BCUT2D eigenvalue weighted by Gasteiger charge is 2.95. The lowest BCUT2D eigenvalue weighted by atomic mass is 9.87. The minimum atomic E-state index is -8.81. The van der Waals surface area contributed by atoms with E-state index in [4.69, 9.17) is 0 Å². The van der Waals surface area contributed by atoms with Crippen molar-refractivity contribution in [2.24, 2.45) is 0 Å². The topological polar surface area (TPSA) is 59.3 Å². The van der Waals surface area contributed by atoms with Gasteiger partial charge in [0.2, 0.25) is 0 Å². The molecule has 0 aliphatic carbocycles. The smallest absolute Gasteiger partial charge is 0.382 e. The molecule has 22 heteroatoms. The van der Waals surface area contributed by atoms with Crippen molar-refractivity contribution in [2.75, 3.05) is 0 Å². The number of rotatable bonds is 11. The van der Waals surface area contributed by atoms with Crippen molar-refractivity contribution in [2.45, 2.75) is 58.6 Å². The molecule has 4 aromatic rings. The summed E-state index contributed by atoms with van der Waals surface area (Å²) in [4.78, 5) is -1.53. The van der Waals surface area contributed by atoms with Crippen LogP contribution in [0.4, 0.5) is 74.6 Å². The van der Waals surface area contributed by atoms with Gasteiger partial charge in [-0.15, -0.1) is 0 Å². The van der Waals surface area contributed by atoms with E-state index in [0.29, 0.717) is 10.0 Å². The molecular formula is C29H16F17NO3S. The first-order valence-electron chi connectivity index (χ1n) is 13.4. The van der Waals surface area contributed by atoms with Gasteiger partial charge in [0.05, 0.1) is 16.1 Å². The lowest BCUT2D eigenvalue weighted by molar-refractivity contribution is -0.462. The van der Waals surface area contributed by atoms with E-state index in [1.807, 2.05) is 0 Å². The van der Waals surface area contributed by atoms with E-state index in [1.165, 1.54) is 48.5 Å². The maximum Gasteiger partial charge on any atom is 0.460 e. The molecular weight excluding hydrogens is 765 g/mol. The Labute approximate surface area is 273 Å².